The second-order valence-corrected chi connectivity index (χ2v) is 9.02. The van der Waals surface area contributed by atoms with Crippen LogP contribution in [0.5, 0.6) is 0 Å². The molecule has 0 bridgehead atoms. The van der Waals surface area contributed by atoms with Crippen LogP contribution in [0.4, 0.5) is 4.79 Å². The van der Waals surface area contributed by atoms with Crippen molar-refractivity contribution >= 4 is 29.6 Å². The van der Waals surface area contributed by atoms with Gasteiger partial charge < -0.3 is 5.32 Å². The van der Waals surface area contributed by atoms with Crippen LogP contribution in [-0.2, 0) is 9.59 Å². The van der Waals surface area contributed by atoms with Crippen LogP contribution in [0.2, 0.25) is 0 Å². The van der Waals surface area contributed by atoms with Crippen LogP contribution in [0.1, 0.15) is 12.8 Å². The quantitative estimate of drug-likeness (QED) is 0.252. The Morgan fingerprint density at radius 3 is 2.21 bits per heavy atom. The van der Waals surface area contributed by atoms with Crippen LogP contribution < -0.4 is 16.5 Å². The largest absolute Gasteiger partial charge is 0.337 e. The Labute approximate surface area is 173 Å². The van der Waals surface area contributed by atoms with E-state index in [2.05, 4.69) is 10.6 Å². The number of carbonyl (C=O) groups is 3. The summed E-state index contributed by atoms with van der Waals surface area (Å²) in [6.07, 6.45) is 1.89. The van der Waals surface area contributed by atoms with E-state index in [-0.39, 0.29) is 11.4 Å². The first kappa shape index (κ1) is 19.3. The monoisotopic (exact) mass is 425 g/mol. The summed E-state index contributed by atoms with van der Waals surface area (Å²) >= 11 is 1.63. The Balaban J connectivity index is 1.69. The minimum Gasteiger partial charge on any atom is -0.302 e. The van der Waals surface area contributed by atoms with Crippen LogP contribution in [0.3, 0.4) is 0 Å². The van der Waals surface area contributed by atoms with Gasteiger partial charge in [0.1, 0.15) is 5.37 Å². The number of thioether (sulfide) groups is 1. The highest BCUT2D eigenvalue weighted by Gasteiger charge is 2.70. The van der Waals surface area contributed by atoms with Gasteiger partial charge in [0, 0.05) is 45.0 Å². The molecule has 0 aromatic rings. The number of hydrogen-bond acceptors (Lipinski definition) is 9. The SMILES string of the molecule is NN1CCN(C2(C3NCCS3)N(N3CCCC3)C(=O)C(=O)N2N2CCNC2)C1=O. The van der Waals surface area contributed by atoms with Crippen LogP contribution in [0, 0.1) is 0 Å². The minimum atomic E-state index is -1.29. The van der Waals surface area contributed by atoms with E-state index < -0.39 is 17.6 Å². The maximum absolute atomic E-state index is 13.4. The third-order valence-corrected chi connectivity index (χ3v) is 7.44. The third-order valence-electron chi connectivity index (χ3n) is 6.19. The predicted molar refractivity (Wildman–Crippen MR) is 104 cm³/mol. The number of rotatable bonds is 4. The van der Waals surface area contributed by atoms with E-state index in [1.165, 1.54) is 5.01 Å². The molecule has 2 atom stereocenters. The molecule has 29 heavy (non-hydrogen) atoms. The second-order valence-electron chi connectivity index (χ2n) is 7.80. The molecule has 0 aromatic carbocycles. The number of nitrogens with one attached hydrogen (secondary N) is 2. The van der Waals surface area contributed by atoms with E-state index in [1.54, 1.807) is 21.7 Å². The molecule has 5 saturated heterocycles. The smallest absolute Gasteiger partial charge is 0.302 e. The first-order chi connectivity index (χ1) is 14.1. The standard InChI is InChI=1S/C16H27N9O3S/c17-23-9-8-22(15(23)28)16(14-19-4-10-29-14)24(20-5-1-2-6-20)12(26)13(27)25(16)21-7-3-18-11-21/h14,18-19H,1-11,17H2. The molecule has 5 aliphatic rings. The normalized spacial score (nSPS) is 34.7. The highest BCUT2D eigenvalue weighted by molar-refractivity contribution is 8.00. The number of nitrogens with two attached hydrogens (primary N) is 1. The van der Waals surface area contributed by atoms with Gasteiger partial charge in [0.15, 0.2) is 0 Å². The molecule has 5 aliphatic heterocycles. The van der Waals surface area contributed by atoms with Gasteiger partial charge in [0.05, 0.1) is 13.2 Å². The molecule has 4 N–H and O–H groups in total. The van der Waals surface area contributed by atoms with Gasteiger partial charge in [-0.2, -0.15) is 5.01 Å². The summed E-state index contributed by atoms with van der Waals surface area (Å²) in [5.74, 6) is 4.29. The van der Waals surface area contributed by atoms with E-state index in [1.807, 2.05) is 10.0 Å². The van der Waals surface area contributed by atoms with Crippen molar-refractivity contribution in [2.45, 2.75) is 24.0 Å². The number of amides is 4. The highest BCUT2D eigenvalue weighted by atomic mass is 32.2. The Morgan fingerprint density at radius 1 is 0.931 bits per heavy atom. The Morgan fingerprint density at radius 2 is 1.66 bits per heavy atom. The van der Waals surface area contributed by atoms with E-state index in [9.17, 15) is 14.4 Å². The minimum absolute atomic E-state index is 0.338. The first-order valence-electron chi connectivity index (χ1n) is 10.1. The lowest BCUT2D eigenvalue weighted by Crippen LogP contribution is -2.77. The van der Waals surface area contributed by atoms with Gasteiger partial charge >= 0.3 is 17.8 Å². The molecule has 5 fully saturated rings. The van der Waals surface area contributed by atoms with Crippen LogP contribution in [0.25, 0.3) is 0 Å². The lowest BCUT2D eigenvalue weighted by Gasteiger charge is -2.54. The predicted octanol–water partition coefficient (Wildman–Crippen LogP) is -2.63. The molecule has 0 radical (unpaired) electrons. The van der Waals surface area contributed by atoms with Crippen molar-refractivity contribution in [1.82, 2.24) is 40.6 Å². The molecule has 0 spiro atoms. The summed E-state index contributed by atoms with van der Waals surface area (Å²) in [5, 5.41) is 14.4. The Hall–Kier alpha value is -1.64. The molecule has 4 amide bonds. The van der Waals surface area contributed by atoms with E-state index in [0.717, 1.165) is 30.1 Å². The maximum Gasteiger partial charge on any atom is 0.337 e. The van der Waals surface area contributed by atoms with Gasteiger partial charge in [-0.1, -0.05) is 0 Å². The van der Waals surface area contributed by atoms with Gasteiger partial charge in [-0.15, -0.1) is 11.8 Å². The summed E-state index contributed by atoms with van der Waals surface area (Å²) in [6.45, 7) is 4.53. The van der Waals surface area contributed by atoms with Crippen molar-refractivity contribution < 1.29 is 14.4 Å². The molecule has 5 heterocycles. The van der Waals surface area contributed by atoms with Crippen molar-refractivity contribution in [3.05, 3.63) is 0 Å². The van der Waals surface area contributed by atoms with Crippen molar-refractivity contribution in [3.63, 3.8) is 0 Å². The number of urea groups is 1. The summed E-state index contributed by atoms with van der Waals surface area (Å²) in [6, 6.07) is -0.372. The fourth-order valence-electron chi connectivity index (χ4n) is 4.94. The molecule has 2 unspecified atom stereocenters. The van der Waals surface area contributed by atoms with E-state index in [0.29, 0.717) is 45.9 Å². The van der Waals surface area contributed by atoms with Crippen LogP contribution in [-0.4, -0.2) is 117 Å². The van der Waals surface area contributed by atoms with Crippen LogP contribution in [0.15, 0.2) is 0 Å². The van der Waals surface area contributed by atoms with Gasteiger partial charge in [-0.05, 0) is 12.8 Å². The third kappa shape index (κ3) is 2.68. The molecule has 13 heteroatoms. The van der Waals surface area contributed by atoms with E-state index in [4.69, 9.17) is 5.84 Å². The fourth-order valence-corrected chi connectivity index (χ4v) is 6.19. The van der Waals surface area contributed by atoms with Gasteiger partial charge in [-0.25, -0.2) is 25.7 Å². The zero-order chi connectivity index (χ0) is 20.2. The molecule has 160 valence electrons. The second kappa shape index (κ2) is 7.25. The van der Waals surface area contributed by atoms with Crippen LogP contribution >= 0.6 is 11.8 Å². The highest BCUT2D eigenvalue weighted by Crippen LogP contribution is 2.44. The van der Waals surface area contributed by atoms with Gasteiger partial charge in [-0.3, -0.25) is 24.8 Å². The zero-order valence-corrected chi connectivity index (χ0v) is 17.1. The Bertz CT molecular complexity index is 672. The van der Waals surface area contributed by atoms with Gasteiger partial charge in [0.25, 0.3) is 5.79 Å². The molecule has 0 saturated carbocycles. The topological polar surface area (TPSA) is 121 Å². The molecule has 0 aromatic heterocycles. The summed E-state index contributed by atoms with van der Waals surface area (Å²) in [5.41, 5.74) is 0. The summed E-state index contributed by atoms with van der Waals surface area (Å²) in [4.78, 5) is 41.6. The fraction of sp³-hybridized carbons (Fsp3) is 0.812. The lowest BCUT2D eigenvalue weighted by atomic mass is 10.2. The van der Waals surface area contributed by atoms with Crippen molar-refractivity contribution in [3.8, 4) is 0 Å². The van der Waals surface area contributed by atoms with Gasteiger partial charge in [0.2, 0.25) is 0 Å². The zero-order valence-electron chi connectivity index (χ0n) is 16.2. The average Bonchev–Trinajstić information content (AvgIpc) is 3.51. The molecular weight excluding hydrogens is 398 g/mol. The van der Waals surface area contributed by atoms with Crippen molar-refractivity contribution in [2.24, 2.45) is 5.84 Å². The lowest BCUT2D eigenvalue weighted by molar-refractivity contribution is -0.231. The maximum atomic E-state index is 13.4. The Kier molecular flexibility index (Phi) is 4.83. The number of carbonyl (C=O) groups excluding carboxylic acids is 3. The van der Waals surface area contributed by atoms with Crippen molar-refractivity contribution in [2.75, 3.05) is 58.2 Å². The number of hydrogen-bond donors (Lipinski definition) is 3. The number of nitrogens with zero attached hydrogens (tertiary/aromatic N) is 6. The first-order valence-corrected chi connectivity index (χ1v) is 11.2. The summed E-state index contributed by atoms with van der Waals surface area (Å²) < 4.78 is 0. The molecule has 12 nitrogen and oxygen atoms in total. The molecule has 5 rings (SSSR count). The van der Waals surface area contributed by atoms with Crippen molar-refractivity contribution in [1.29, 1.82) is 0 Å². The number of hydrazine groups is 3. The molecule has 0 aliphatic carbocycles. The van der Waals surface area contributed by atoms with E-state index >= 15 is 0 Å². The molecular formula is C16H27N9O3S. The summed E-state index contributed by atoms with van der Waals surface area (Å²) in [7, 11) is 0. The average molecular weight is 426 g/mol.